The molecule has 0 heterocycles. The van der Waals surface area contributed by atoms with Gasteiger partial charge in [0.15, 0.2) is 0 Å². The van der Waals surface area contributed by atoms with E-state index in [1.54, 1.807) is 12.1 Å². The summed E-state index contributed by atoms with van der Waals surface area (Å²) in [6, 6.07) is 14.2. The van der Waals surface area contributed by atoms with Crippen molar-refractivity contribution in [3.05, 3.63) is 70.5 Å². The lowest BCUT2D eigenvalue weighted by atomic mass is 10.1. The molecule has 0 spiro atoms. The molecule has 4 heteroatoms. The highest BCUT2D eigenvalue weighted by atomic mass is 127. The fraction of sp³-hybridized carbons (Fsp3) is 0.200. The van der Waals surface area contributed by atoms with Gasteiger partial charge in [0.1, 0.15) is 5.82 Å². The van der Waals surface area contributed by atoms with Gasteiger partial charge >= 0.3 is 0 Å². The molecule has 100 valence electrons. The molecule has 0 saturated carbocycles. The molecule has 0 aliphatic heterocycles. The molecule has 0 amide bonds. The third-order valence-corrected chi connectivity index (χ3v) is 3.81. The van der Waals surface area contributed by atoms with Crippen LogP contribution in [0.25, 0.3) is 0 Å². The molecule has 2 aromatic rings. The zero-order valence-electron chi connectivity index (χ0n) is 10.2. The highest BCUT2D eigenvalue weighted by molar-refractivity contribution is 14.1. The van der Waals surface area contributed by atoms with E-state index < -0.39 is 0 Å². The minimum Gasteiger partial charge on any atom is -0.368 e. The van der Waals surface area contributed by atoms with Crippen molar-refractivity contribution in [2.45, 2.75) is 12.7 Å². The first-order valence-electron chi connectivity index (χ1n) is 5.87. The minimum absolute atomic E-state index is 0.222. The summed E-state index contributed by atoms with van der Waals surface area (Å²) in [7, 11) is 0. The summed E-state index contributed by atoms with van der Waals surface area (Å²) in [5, 5.41) is 0.697. The van der Waals surface area contributed by atoms with E-state index in [9.17, 15) is 4.39 Å². The quantitative estimate of drug-likeness (QED) is 0.505. The third-order valence-electron chi connectivity index (χ3n) is 2.76. The monoisotopic (exact) mass is 390 g/mol. The molecule has 19 heavy (non-hydrogen) atoms. The zero-order chi connectivity index (χ0) is 13.7. The lowest BCUT2D eigenvalue weighted by Gasteiger charge is -2.16. The first kappa shape index (κ1) is 14.8. The predicted octanol–water partition coefficient (Wildman–Crippen LogP) is 5.17. The van der Waals surface area contributed by atoms with Gasteiger partial charge in [-0.25, -0.2) is 4.39 Å². The molecule has 1 atom stereocenters. The predicted molar refractivity (Wildman–Crippen MR) is 84.3 cm³/mol. The smallest absolute Gasteiger partial charge is 0.129 e. The van der Waals surface area contributed by atoms with Crippen LogP contribution < -0.4 is 0 Å². The van der Waals surface area contributed by atoms with Crippen LogP contribution in [0.3, 0.4) is 0 Å². The van der Waals surface area contributed by atoms with E-state index in [1.807, 2.05) is 30.3 Å². The van der Waals surface area contributed by atoms with Crippen molar-refractivity contribution in [1.29, 1.82) is 0 Å². The van der Waals surface area contributed by atoms with Gasteiger partial charge in [-0.1, -0.05) is 64.5 Å². The second kappa shape index (κ2) is 7.22. The van der Waals surface area contributed by atoms with E-state index in [1.165, 1.54) is 6.07 Å². The Morgan fingerprint density at radius 3 is 2.42 bits per heavy atom. The van der Waals surface area contributed by atoms with E-state index in [-0.39, 0.29) is 11.9 Å². The Labute approximate surface area is 130 Å². The van der Waals surface area contributed by atoms with Gasteiger partial charge in [-0.3, -0.25) is 0 Å². The van der Waals surface area contributed by atoms with Gasteiger partial charge in [-0.05, 0) is 23.8 Å². The molecule has 0 radical (unpaired) electrons. The van der Waals surface area contributed by atoms with Crippen LogP contribution in [0.4, 0.5) is 4.39 Å². The van der Waals surface area contributed by atoms with Gasteiger partial charge in [-0.2, -0.15) is 0 Å². The summed E-state index contributed by atoms with van der Waals surface area (Å²) < 4.78 is 20.2. The lowest BCUT2D eigenvalue weighted by Crippen LogP contribution is -2.08. The van der Waals surface area contributed by atoms with E-state index in [0.29, 0.717) is 21.6 Å². The van der Waals surface area contributed by atoms with E-state index in [2.05, 4.69) is 22.6 Å². The minimum atomic E-state index is -0.238. The summed E-state index contributed by atoms with van der Waals surface area (Å²) in [6.45, 7) is 0.444. The number of hydrogen-bond donors (Lipinski definition) is 0. The maximum Gasteiger partial charge on any atom is 0.129 e. The maximum atomic E-state index is 13.7. The Balaban J connectivity index is 2.04. The maximum absolute atomic E-state index is 13.7. The molecule has 2 aromatic carbocycles. The zero-order valence-corrected chi connectivity index (χ0v) is 13.1. The topological polar surface area (TPSA) is 9.23 Å². The SMILES string of the molecule is Fc1ccccc1C(CI)OCc1ccc(Cl)cc1. The Morgan fingerprint density at radius 2 is 1.79 bits per heavy atom. The van der Waals surface area contributed by atoms with Gasteiger partial charge in [0, 0.05) is 15.0 Å². The normalized spacial score (nSPS) is 12.4. The third kappa shape index (κ3) is 4.16. The van der Waals surface area contributed by atoms with Crippen molar-refractivity contribution < 1.29 is 9.13 Å². The Morgan fingerprint density at radius 1 is 1.11 bits per heavy atom. The molecule has 0 aliphatic rings. The molecule has 0 bridgehead atoms. The van der Waals surface area contributed by atoms with Crippen LogP contribution in [0.5, 0.6) is 0 Å². The summed E-state index contributed by atoms with van der Waals surface area (Å²) in [6.07, 6.45) is -0.238. The molecule has 1 nitrogen and oxygen atoms in total. The Hall–Kier alpha value is -0.650. The van der Waals surface area contributed by atoms with Crippen LogP contribution in [0.2, 0.25) is 5.02 Å². The largest absolute Gasteiger partial charge is 0.368 e. The average molecular weight is 391 g/mol. The van der Waals surface area contributed by atoms with Gasteiger partial charge in [0.05, 0.1) is 12.7 Å². The molecule has 0 aromatic heterocycles. The molecule has 2 rings (SSSR count). The highest BCUT2D eigenvalue weighted by Gasteiger charge is 2.14. The second-order valence-corrected chi connectivity index (χ2v) is 5.42. The number of hydrogen-bond acceptors (Lipinski definition) is 1. The van der Waals surface area contributed by atoms with Crippen LogP contribution in [0, 0.1) is 5.82 Å². The van der Waals surface area contributed by atoms with Gasteiger partial charge in [-0.15, -0.1) is 0 Å². The van der Waals surface area contributed by atoms with Crippen molar-refractivity contribution in [2.24, 2.45) is 0 Å². The molecule has 0 saturated heterocycles. The molecule has 0 aliphatic carbocycles. The highest BCUT2D eigenvalue weighted by Crippen LogP contribution is 2.24. The first-order valence-corrected chi connectivity index (χ1v) is 7.77. The van der Waals surface area contributed by atoms with Crippen LogP contribution in [0.15, 0.2) is 48.5 Å². The Bertz CT molecular complexity index is 530. The van der Waals surface area contributed by atoms with E-state index >= 15 is 0 Å². The van der Waals surface area contributed by atoms with Crippen molar-refractivity contribution in [1.82, 2.24) is 0 Å². The molecule has 1 unspecified atom stereocenters. The molecular formula is C15H13ClFIO. The number of alkyl halides is 1. The average Bonchev–Trinajstić information content (AvgIpc) is 2.43. The number of rotatable bonds is 5. The first-order chi connectivity index (χ1) is 9.20. The molecule has 0 N–H and O–H groups in total. The van der Waals surface area contributed by atoms with Gasteiger partial charge < -0.3 is 4.74 Å². The van der Waals surface area contributed by atoms with Crippen LogP contribution >= 0.6 is 34.2 Å². The molecule has 0 fully saturated rings. The standard InChI is InChI=1S/C15H13ClFIO/c16-12-7-5-11(6-8-12)10-19-15(9-18)13-3-1-2-4-14(13)17/h1-8,15H,9-10H2. The number of ether oxygens (including phenoxy) is 1. The van der Waals surface area contributed by atoms with Crippen LogP contribution in [-0.2, 0) is 11.3 Å². The van der Waals surface area contributed by atoms with Crippen molar-refractivity contribution in [3.63, 3.8) is 0 Å². The van der Waals surface area contributed by atoms with E-state index in [0.717, 1.165) is 5.56 Å². The summed E-state index contributed by atoms with van der Waals surface area (Å²) in [4.78, 5) is 0. The Kier molecular flexibility index (Phi) is 5.60. The fourth-order valence-corrected chi connectivity index (χ4v) is 2.59. The fourth-order valence-electron chi connectivity index (χ4n) is 1.73. The lowest BCUT2D eigenvalue weighted by molar-refractivity contribution is 0.0554. The van der Waals surface area contributed by atoms with Gasteiger partial charge in [0.2, 0.25) is 0 Å². The van der Waals surface area contributed by atoms with Crippen molar-refractivity contribution in [2.75, 3.05) is 4.43 Å². The van der Waals surface area contributed by atoms with Crippen molar-refractivity contribution >= 4 is 34.2 Å². The summed E-state index contributed by atoms with van der Waals surface area (Å²) >= 11 is 8.03. The molecular weight excluding hydrogens is 378 g/mol. The number of benzene rings is 2. The van der Waals surface area contributed by atoms with Crippen molar-refractivity contribution in [3.8, 4) is 0 Å². The van der Waals surface area contributed by atoms with Crippen LogP contribution in [-0.4, -0.2) is 4.43 Å². The van der Waals surface area contributed by atoms with E-state index in [4.69, 9.17) is 16.3 Å². The second-order valence-electron chi connectivity index (χ2n) is 4.10. The summed E-state index contributed by atoms with van der Waals surface area (Å²) in [5.74, 6) is -0.222. The van der Waals surface area contributed by atoms with Gasteiger partial charge in [0.25, 0.3) is 0 Å². The summed E-state index contributed by atoms with van der Waals surface area (Å²) in [5.41, 5.74) is 1.63. The number of halogens is 3. The van der Waals surface area contributed by atoms with Crippen LogP contribution in [0.1, 0.15) is 17.2 Å².